The molecule has 4 bridgehead atoms. The topological polar surface area (TPSA) is 98.0 Å². The molecular formula is C56H72N6O3. The monoisotopic (exact) mass is 877 g/mol. The summed E-state index contributed by atoms with van der Waals surface area (Å²) in [5.74, 6) is 2.98. The van der Waals surface area contributed by atoms with Gasteiger partial charge in [-0.05, 0) is 185 Å². The van der Waals surface area contributed by atoms with Crippen molar-refractivity contribution in [3.05, 3.63) is 130 Å². The van der Waals surface area contributed by atoms with Gasteiger partial charge in [-0.2, -0.15) is 0 Å². The highest BCUT2D eigenvalue weighted by Crippen LogP contribution is 2.54. The molecule has 9 heteroatoms. The molecule has 4 aromatic carbocycles. The van der Waals surface area contributed by atoms with Gasteiger partial charge in [0.1, 0.15) is 11.5 Å². The highest BCUT2D eigenvalue weighted by molar-refractivity contribution is 5.75. The Morgan fingerprint density at radius 1 is 0.492 bits per heavy atom. The Morgan fingerprint density at radius 2 is 0.831 bits per heavy atom. The van der Waals surface area contributed by atoms with Crippen molar-refractivity contribution in [2.45, 2.75) is 165 Å². The van der Waals surface area contributed by atoms with Gasteiger partial charge in [0.2, 0.25) is 0 Å². The second-order valence-corrected chi connectivity index (χ2v) is 20.4. The van der Waals surface area contributed by atoms with E-state index in [1.807, 2.05) is 48.5 Å². The smallest absolute Gasteiger partial charge is 0.315 e. The molecule has 2 saturated carbocycles. The van der Waals surface area contributed by atoms with E-state index in [0.717, 1.165) is 73.0 Å². The Bertz CT molecular complexity index is 2010. The molecule has 2 aliphatic carbocycles. The maximum absolute atomic E-state index is 13.2. The predicted octanol–water partition coefficient (Wildman–Crippen LogP) is 12.7. The van der Waals surface area contributed by atoms with Gasteiger partial charge in [0, 0.05) is 36.3 Å². The summed E-state index contributed by atoms with van der Waals surface area (Å²) < 4.78 is 6.24. The number of hydrogen-bond donors (Lipinski definition) is 4. The van der Waals surface area contributed by atoms with Crippen LogP contribution in [0.1, 0.15) is 186 Å². The second kappa shape index (κ2) is 19.9. The first-order chi connectivity index (χ1) is 31.9. The third kappa shape index (κ3) is 9.69. The Kier molecular flexibility index (Phi) is 13.5. The lowest BCUT2D eigenvalue weighted by Crippen LogP contribution is -2.44. The minimum absolute atomic E-state index is 0.0752. The van der Waals surface area contributed by atoms with E-state index in [2.05, 4.69) is 93.4 Å². The zero-order valence-corrected chi connectivity index (χ0v) is 38.9. The fourth-order valence-corrected chi connectivity index (χ4v) is 13.1. The van der Waals surface area contributed by atoms with Gasteiger partial charge in [0.25, 0.3) is 0 Å². The van der Waals surface area contributed by atoms with E-state index in [1.165, 1.54) is 77.3 Å². The summed E-state index contributed by atoms with van der Waals surface area (Å²) >= 11 is 0. The average Bonchev–Trinajstić information content (AvgIpc) is 4.11. The molecule has 2 unspecified atom stereocenters. The van der Waals surface area contributed by atoms with Crippen LogP contribution in [0.25, 0.3) is 0 Å². The summed E-state index contributed by atoms with van der Waals surface area (Å²) in [6.07, 6.45) is 18.3. The quantitative estimate of drug-likeness (QED) is 0.0899. The van der Waals surface area contributed by atoms with E-state index in [0.29, 0.717) is 24.2 Å². The van der Waals surface area contributed by atoms with Crippen LogP contribution in [0.15, 0.2) is 97.1 Å². The molecule has 0 radical (unpaired) electrons. The maximum atomic E-state index is 13.2. The van der Waals surface area contributed by atoms with Crippen LogP contribution in [-0.4, -0.2) is 47.0 Å². The third-order valence-electron chi connectivity index (χ3n) is 16.6. The molecule has 4 heterocycles. The minimum atomic E-state index is -0.0791. The first-order valence-corrected chi connectivity index (χ1v) is 25.6. The molecule has 4 fully saturated rings. The lowest BCUT2D eigenvalue weighted by molar-refractivity contribution is 0.185. The van der Waals surface area contributed by atoms with Crippen LogP contribution >= 0.6 is 0 Å². The van der Waals surface area contributed by atoms with Crippen molar-refractivity contribution >= 4 is 12.1 Å². The van der Waals surface area contributed by atoms with Crippen LogP contribution in [-0.2, 0) is 0 Å². The third-order valence-corrected chi connectivity index (χ3v) is 16.6. The van der Waals surface area contributed by atoms with E-state index in [4.69, 9.17) is 4.74 Å². The zero-order chi connectivity index (χ0) is 44.3. The molecule has 10 rings (SSSR count). The van der Waals surface area contributed by atoms with E-state index < -0.39 is 0 Å². The molecule has 0 aromatic heterocycles. The van der Waals surface area contributed by atoms with E-state index in [9.17, 15) is 9.59 Å². The Hall–Kier alpha value is -4.86. The van der Waals surface area contributed by atoms with Gasteiger partial charge in [-0.1, -0.05) is 86.6 Å². The van der Waals surface area contributed by atoms with Gasteiger partial charge in [-0.3, -0.25) is 9.80 Å². The van der Waals surface area contributed by atoms with Crippen LogP contribution in [0.4, 0.5) is 9.59 Å². The summed E-state index contributed by atoms with van der Waals surface area (Å²) in [6, 6.07) is 36.9. The minimum Gasteiger partial charge on any atom is -0.457 e. The number of urea groups is 2. The average molecular weight is 877 g/mol. The van der Waals surface area contributed by atoms with Crippen molar-refractivity contribution in [1.29, 1.82) is 0 Å². The number of ether oxygens (including phenoxy) is 1. The number of fused-ring (bicyclic) bond motifs is 10. The molecule has 6 atom stereocenters. The van der Waals surface area contributed by atoms with Gasteiger partial charge in [-0.25, -0.2) is 9.59 Å². The number of nitrogens with one attached hydrogen (secondary N) is 4. The van der Waals surface area contributed by atoms with Crippen molar-refractivity contribution in [2.75, 3.05) is 13.1 Å². The van der Waals surface area contributed by atoms with Crippen LogP contribution < -0.4 is 26.0 Å². The summed E-state index contributed by atoms with van der Waals surface area (Å²) in [5, 5.41) is 13.1. The maximum Gasteiger partial charge on any atom is 0.315 e. The summed E-state index contributed by atoms with van der Waals surface area (Å²) in [6.45, 7) is 6.61. The molecule has 344 valence electrons. The number of carbonyl (C=O) groups is 2. The van der Waals surface area contributed by atoms with Crippen LogP contribution in [0, 0.1) is 11.8 Å². The molecule has 4 N–H and O–H groups in total. The molecule has 65 heavy (non-hydrogen) atoms. The molecule has 4 aliphatic heterocycles. The first-order valence-electron chi connectivity index (χ1n) is 25.6. The lowest BCUT2D eigenvalue weighted by Gasteiger charge is -2.31. The van der Waals surface area contributed by atoms with Crippen molar-refractivity contribution in [3.8, 4) is 11.5 Å². The highest BCUT2D eigenvalue weighted by Gasteiger charge is 2.44. The molecule has 4 aromatic rings. The van der Waals surface area contributed by atoms with Crippen molar-refractivity contribution in [1.82, 2.24) is 31.1 Å². The van der Waals surface area contributed by atoms with Crippen molar-refractivity contribution < 1.29 is 14.3 Å². The fourth-order valence-electron chi connectivity index (χ4n) is 13.1. The van der Waals surface area contributed by atoms with Crippen LogP contribution in [0.5, 0.6) is 11.5 Å². The molecule has 4 amide bonds. The Labute approximate surface area is 387 Å². The van der Waals surface area contributed by atoms with E-state index in [1.54, 1.807) is 22.3 Å². The van der Waals surface area contributed by atoms with Crippen molar-refractivity contribution in [3.63, 3.8) is 0 Å². The summed E-state index contributed by atoms with van der Waals surface area (Å²) in [5.41, 5.74) is 8.40. The van der Waals surface area contributed by atoms with Gasteiger partial charge >= 0.3 is 12.1 Å². The van der Waals surface area contributed by atoms with E-state index in [-0.39, 0.29) is 36.2 Å². The number of hydrogen-bond acceptors (Lipinski definition) is 5. The van der Waals surface area contributed by atoms with Gasteiger partial charge in [0.15, 0.2) is 0 Å². The standard InChI is InChI=1S/C56H72N6O3/c1-3-49(59-55(63)57-41-21-13-37(14-22-41)33-35-61-51-29-30-52(61)46-10-6-5-9-45(46)51)39-17-25-43(26-18-39)65-44-27-19-40(20-28-44)50(4-2)60-56(64)58-42-23-15-38(16-24-42)34-36-62-53-31-32-54(62)48-12-8-7-11-47(48)53/h5-12,17-20,25-28,37-38,41-42,49-54H,3-4,13-16,21-24,29-36H2,1-2H3,(H2,57,59,63)(H2,58,60,64)/t37-,38-,41-,42-,49?,50?,51-,52+,53-,54+. The Morgan fingerprint density at radius 3 is 1.15 bits per heavy atom. The lowest BCUT2D eigenvalue weighted by atomic mass is 9.84. The molecule has 2 saturated heterocycles. The largest absolute Gasteiger partial charge is 0.457 e. The highest BCUT2D eigenvalue weighted by atomic mass is 16.5. The Balaban J connectivity index is 0.619. The first kappa shape index (κ1) is 44.0. The fraction of sp³-hybridized carbons (Fsp3) is 0.536. The number of amides is 4. The number of nitrogens with zero attached hydrogens (tertiary/aromatic N) is 2. The van der Waals surface area contributed by atoms with Crippen molar-refractivity contribution in [2.24, 2.45) is 11.8 Å². The van der Waals surface area contributed by atoms with E-state index >= 15 is 0 Å². The number of benzene rings is 4. The zero-order valence-electron chi connectivity index (χ0n) is 38.9. The molecule has 0 spiro atoms. The SMILES string of the molecule is CCC(NC(=O)N[C@H]1CC[C@H](CCN2[C@@H]3CC[C@H]2c2ccccc23)CC1)c1ccc(Oc2ccc(C(CC)NC(=O)N[C@H]3CC[C@H](CCN4[C@@H]5CC[C@H]4c4ccccc45)CC3)cc2)cc1. The molecule has 9 nitrogen and oxygen atoms in total. The molecular weight excluding hydrogens is 805 g/mol. The normalized spacial score (nSPS) is 27.7. The number of rotatable bonds is 16. The van der Waals surface area contributed by atoms with Crippen LogP contribution in [0.3, 0.4) is 0 Å². The predicted molar refractivity (Wildman–Crippen MR) is 259 cm³/mol. The number of carbonyl (C=O) groups excluding carboxylic acids is 2. The summed E-state index contributed by atoms with van der Waals surface area (Å²) in [7, 11) is 0. The van der Waals surface area contributed by atoms with Gasteiger partial charge in [-0.15, -0.1) is 0 Å². The molecule has 6 aliphatic rings. The van der Waals surface area contributed by atoms with Gasteiger partial charge < -0.3 is 26.0 Å². The second-order valence-electron chi connectivity index (χ2n) is 20.4. The summed E-state index contributed by atoms with van der Waals surface area (Å²) in [4.78, 5) is 32.0. The van der Waals surface area contributed by atoms with Gasteiger partial charge in [0.05, 0.1) is 12.1 Å². The van der Waals surface area contributed by atoms with Crippen LogP contribution in [0.2, 0.25) is 0 Å².